The van der Waals surface area contributed by atoms with Crippen molar-refractivity contribution >= 4 is 17.4 Å². The van der Waals surface area contributed by atoms with Crippen LogP contribution in [-0.4, -0.2) is 37.6 Å². The minimum absolute atomic E-state index is 0.00131. The second-order valence-corrected chi connectivity index (χ2v) is 10.6. The molecule has 3 aromatic carbocycles. The summed E-state index contributed by atoms with van der Waals surface area (Å²) in [5.41, 5.74) is 5.85. The fourth-order valence-corrected chi connectivity index (χ4v) is 5.83. The van der Waals surface area contributed by atoms with Crippen molar-refractivity contribution in [2.45, 2.75) is 45.4 Å². The van der Waals surface area contributed by atoms with E-state index in [2.05, 4.69) is 10.6 Å². The summed E-state index contributed by atoms with van der Waals surface area (Å²) < 4.78 is 16.6. The first-order chi connectivity index (χ1) is 20.2. The summed E-state index contributed by atoms with van der Waals surface area (Å²) in [5, 5.41) is 16.8. The number of phenolic OH excluding ortho intramolecular Hbond substituents is 1. The predicted molar refractivity (Wildman–Crippen MR) is 161 cm³/mol. The van der Waals surface area contributed by atoms with Crippen LogP contribution in [0.5, 0.6) is 23.0 Å². The molecule has 5 rings (SSSR count). The van der Waals surface area contributed by atoms with Crippen LogP contribution in [-0.2, 0) is 9.59 Å². The van der Waals surface area contributed by atoms with Gasteiger partial charge in [-0.2, -0.15) is 0 Å². The maximum absolute atomic E-state index is 14.0. The molecule has 42 heavy (non-hydrogen) atoms. The van der Waals surface area contributed by atoms with E-state index in [4.69, 9.17) is 14.2 Å². The molecule has 0 saturated heterocycles. The van der Waals surface area contributed by atoms with Crippen LogP contribution in [0, 0.1) is 6.92 Å². The molecule has 8 nitrogen and oxygen atoms in total. The van der Waals surface area contributed by atoms with Crippen molar-refractivity contribution < 1.29 is 28.9 Å². The van der Waals surface area contributed by atoms with Gasteiger partial charge in [-0.15, -0.1) is 0 Å². The van der Waals surface area contributed by atoms with E-state index in [9.17, 15) is 14.7 Å². The summed E-state index contributed by atoms with van der Waals surface area (Å²) in [4.78, 5) is 27.9. The summed E-state index contributed by atoms with van der Waals surface area (Å²) in [7, 11) is 3.18. The van der Waals surface area contributed by atoms with Gasteiger partial charge in [-0.1, -0.05) is 29.8 Å². The first-order valence-corrected chi connectivity index (χ1v) is 14.0. The maximum atomic E-state index is 14.0. The zero-order chi connectivity index (χ0) is 30.0. The number of hydrogen-bond acceptors (Lipinski definition) is 7. The van der Waals surface area contributed by atoms with E-state index < -0.39 is 5.92 Å². The molecule has 0 spiro atoms. The Morgan fingerprint density at radius 3 is 2.31 bits per heavy atom. The number of anilines is 1. The first kappa shape index (κ1) is 28.8. The van der Waals surface area contributed by atoms with E-state index >= 15 is 0 Å². The molecule has 0 fully saturated rings. The van der Waals surface area contributed by atoms with Crippen LogP contribution in [0.1, 0.15) is 55.2 Å². The number of carbonyl (C=O) groups excluding carboxylic acids is 2. The van der Waals surface area contributed by atoms with Gasteiger partial charge in [0.25, 0.3) is 5.91 Å². The Hall–Kier alpha value is -4.72. The number of ketones is 1. The van der Waals surface area contributed by atoms with Gasteiger partial charge < -0.3 is 30.0 Å². The number of Topliss-reactive ketones (excluding diaryl/α,β-unsaturated/α-hetero) is 1. The smallest absolute Gasteiger partial charge is 0.254 e. The number of benzene rings is 3. The van der Waals surface area contributed by atoms with Gasteiger partial charge in [0, 0.05) is 40.6 Å². The molecule has 1 heterocycles. The highest BCUT2D eigenvalue weighted by Crippen LogP contribution is 2.47. The van der Waals surface area contributed by atoms with Crippen molar-refractivity contribution in [3.8, 4) is 23.0 Å². The van der Waals surface area contributed by atoms with Gasteiger partial charge in [0.1, 0.15) is 0 Å². The molecule has 3 aromatic rings. The summed E-state index contributed by atoms with van der Waals surface area (Å²) in [6.07, 6.45) is 0.850. The molecule has 0 bridgehead atoms. The monoisotopic (exact) mass is 568 g/mol. The molecule has 0 aromatic heterocycles. The van der Waals surface area contributed by atoms with E-state index in [-0.39, 0.29) is 29.8 Å². The van der Waals surface area contributed by atoms with Crippen LogP contribution in [0.15, 0.2) is 83.2 Å². The van der Waals surface area contributed by atoms with Crippen LogP contribution < -0.4 is 24.8 Å². The molecule has 0 radical (unpaired) electrons. The van der Waals surface area contributed by atoms with Crippen LogP contribution in [0.25, 0.3) is 0 Å². The first-order valence-electron chi connectivity index (χ1n) is 14.0. The number of rotatable bonds is 8. The molecule has 8 heteroatoms. The Kier molecular flexibility index (Phi) is 8.24. The Balaban J connectivity index is 1.57. The summed E-state index contributed by atoms with van der Waals surface area (Å²) in [5.74, 6) is 0.449. The average Bonchev–Trinajstić information content (AvgIpc) is 2.98. The van der Waals surface area contributed by atoms with Crippen molar-refractivity contribution in [2.75, 3.05) is 26.1 Å². The lowest BCUT2D eigenvalue weighted by atomic mass is 9.71. The number of dihydropyridines is 1. The van der Waals surface area contributed by atoms with E-state index in [1.54, 1.807) is 32.4 Å². The number of hydrogen-bond donors (Lipinski definition) is 3. The molecule has 2 atom stereocenters. The van der Waals surface area contributed by atoms with Crippen LogP contribution in [0.4, 0.5) is 5.69 Å². The van der Waals surface area contributed by atoms with Crippen molar-refractivity contribution in [2.24, 2.45) is 0 Å². The van der Waals surface area contributed by atoms with Crippen molar-refractivity contribution in [1.82, 2.24) is 5.32 Å². The van der Waals surface area contributed by atoms with E-state index in [1.807, 2.05) is 63.2 Å². The molecular formula is C34H36N2O6. The van der Waals surface area contributed by atoms with Gasteiger partial charge in [-0.05, 0) is 80.6 Å². The van der Waals surface area contributed by atoms with Gasteiger partial charge in [-0.3, -0.25) is 9.59 Å². The third-order valence-electron chi connectivity index (χ3n) is 7.88. The fourth-order valence-electron chi connectivity index (χ4n) is 5.83. The van der Waals surface area contributed by atoms with Crippen molar-refractivity contribution in [1.29, 1.82) is 0 Å². The summed E-state index contributed by atoms with van der Waals surface area (Å²) in [6, 6.07) is 18.3. The lowest BCUT2D eigenvalue weighted by Crippen LogP contribution is -2.37. The standard InChI is InChI=1S/C34H36N2O6/c1-6-42-29-18-22(9-13-26(29)37)32-31(34(39)36-24-11-7-19(2)8-12-24)20(3)35-25-15-23(16-27(38)33(25)32)21-10-14-28(40-4)30(17-21)41-5/h7-14,17-18,23,32,35,37H,6,15-16H2,1-5H3,(H,36,39)/t23-,32-/m0/s1. The molecule has 1 amide bonds. The maximum Gasteiger partial charge on any atom is 0.254 e. The zero-order valence-electron chi connectivity index (χ0n) is 24.5. The SMILES string of the molecule is CCOc1cc([C@H]2C(C(=O)Nc3ccc(C)cc3)=C(C)NC3=C2C(=O)C[C@@H](c2ccc(OC)c(OC)c2)C3)ccc1O. The zero-order valence-corrected chi connectivity index (χ0v) is 24.5. The molecule has 1 aliphatic heterocycles. The number of aromatic hydroxyl groups is 1. The number of methoxy groups -OCH3 is 2. The number of allylic oxidation sites excluding steroid dienone is 3. The van der Waals surface area contributed by atoms with Gasteiger partial charge in [0.15, 0.2) is 28.8 Å². The number of phenols is 1. The molecule has 3 N–H and O–H groups in total. The molecule has 218 valence electrons. The molecule has 2 aliphatic rings. The Morgan fingerprint density at radius 1 is 0.929 bits per heavy atom. The van der Waals surface area contributed by atoms with Gasteiger partial charge >= 0.3 is 0 Å². The quantitative estimate of drug-likeness (QED) is 0.301. The molecule has 0 unspecified atom stereocenters. The normalized spacial score (nSPS) is 18.3. The highest BCUT2D eigenvalue weighted by molar-refractivity contribution is 6.10. The predicted octanol–water partition coefficient (Wildman–Crippen LogP) is 6.12. The molecule has 1 aliphatic carbocycles. The molecule has 0 saturated carbocycles. The van der Waals surface area contributed by atoms with Crippen LogP contribution in [0.2, 0.25) is 0 Å². The van der Waals surface area contributed by atoms with Gasteiger partial charge in [0.05, 0.1) is 20.8 Å². The summed E-state index contributed by atoms with van der Waals surface area (Å²) in [6.45, 7) is 6.03. The van der Waals surface area contributed by atoms with Crippen LogP contribution in [0.3, 0.4) is 0 Å². The second kappa shape index (κ2) is 12.0. The van der Waals surface area contributed by atoms with E-state index in [0.29, 0.717) is 58.4 Å². The third kappa shape index (κ3) is 5.57. The average molecular weight is 569 g/mol. The van der Waals surface area contributed by atoms with E-state index in [1.165, 1.54) is 0 Å². The lowest BCUT2D eigenvalue weighted by Gasteiger charge is -2.37. The van der Waals surface area contributed by atoms with E-state index in [0.717, 1.165) is 16.8 Å². The van der Waals surface area contributed by atoms with Crippen molar-refractivity contribution in [3.63, 3.8) is 0 Å². The number of ether oxygens (including phenoxy) is 3. The number of carbonyl (C=O) groups is 2. The highest BCUT2D eigenvalue weighted by atomic mass is 16.5. The number of amides is 1. The minimum Gasteiger partial charge on any atom is -0.504 e. The summed E-state index contributed by atoms with van der Waals surface area (Å²) >= 11 is 0. The largest absolute Gasteiger partial charge is 0.504 e. The Morgan fingerprint density at radius 2 is 1.62 bits per heavy atom. The Labute approximate surface area is 246 Å². The topological polar surface area (TPSA) is 106 Å². The number of nitrogens with one attached hydrogen (secondary N) is 2. The Bertz CT molecular complexity index is 1590. The van der Waals surface area contributed by atoms with Gasteiger partial charge in [0.2, 0.25) is 0 Å². The minimum atomic E-state index is -0.648. The highest BCUT2D eigenvalue weighted by Gasteiger charge is 2.41. The second-order valence-electron chi connectivity index (χ2n) is 10.6. The molecular weight excluding hydrogens is 532 g/mol. The fraction of sp³-hybridized carbons (Fsp3) is 0.294. The third-order valence-corrected chi connectivity index (χ3v) is 7.88. The lowest BCUT2D eigenvalue weighted by molar-refractivity contribution is -0.116. The van der Waals surface area contributed by atoms with Crippen LogP contribution >= 0.6 is 0 Å². The van der Waals surface area contributed by atoms with Gasteiger partial charge in [-0.25, -0.2) is 0 Å². The number of aryl methyl sites for hydroxylation is 1. The van der Waals surface area contributed by atoms with Crippen molar-refractivity contribution in [3.05, 3.63) is 99.9 Å².